The number of esters is 1. The monoisotopic (exact) mass is 426 g/mol. The molecule has 1 aromatic heterocycles. The minimum Gasteiger partial charge on any atom is -0.466 e. The van der Waals surface area contributed by atoms with E-state index in [2.05, 4.69) is 15.6 Å². The van der Waals surface area contributed by atoms with Crippen molar-refractivity contribution in [3.63, 3.8) is 0 Å². The first-order valence-corrected chi connectivity index (χ1v) is 9.39. The van der Waals surface area contributed by atoms with Crippen LogP contribution in [0.3, 0.4) is 0 Å². The Kier molecular flexibility index (Phi) is 8.28. The molecule has 0 amide bonds. The van der Waals surface area contributed by atoms with Gasteiger partial charge in [-0.15, -0.1) is 0 Å². The minimum absolute atomic E-state index is 0.132. The van der Waals surface area contributed by atoms with E-state index in [0.717, 1.165) is 5.56 Å². The zero-order valence-electron chi connectivity index (χ0n) is 15.2. The van der Waals surface area contributed by atoms with Crippen molar-refractivity contribution < 1.29 is 14.5 Å². The summed E-state index contributed by atoms with van der Waals surface area (Å²) in [7, 11) is 0. The van der Waals surface area contributed by atoms with Gasteiger partial charge in [0.05, 0.1) is 21.6 Å². The first kappa shape index (κ1) is 21.7. The molecule has 0 bridgehead atoms. The molecule has 0 aliphatic heterocycles. The van der Waals surface area contributed by atoms with Gasteiger partial charge in [0, 0.05) is 25.6 Å². The van der Waals surface area contributed by atoms with Gasteiger partial charge in [0.2, 0.25) is 5.82 Å². The number of carbonyl (C=O) groups is 1. The molecule has 1 aromatic carbocycles. The Morgan fingerprint density at radius 1 is 1.21 bits per heavy atom. The normalized spacial score (nSPS) is 10.4. The van der Waals surface area contributed by atoms with Gasteiger partial charge in [0.15, 0.2) is 0 Å². The summed E-state index contributed by atoms with van der Waals surface area (Å²) in [5.74, 6) is 0.293. The maximum absolute atomic E-state index is 11.3. The van der Waals surface area contributed by atoms with Crippen LogP contribution in [-0.2, 0) is 16.1 Å². The van der Waals surface area contributed by atoms with E-state index in [9.17, 15) is 14.9 Å². The first-order chi connectivity index (χ1) is 13.4. The van der Waals surface area contributed by atoms with Crippen LogP contribution in [0, 0.1) is 10.1 Å². The predicted octanol–water partition coefficient (Wildman–Crippen LogP) is 4.66. The first-order valence-electron chi connectivity index (χ1n) is 8.63. The Hall–Kier alpha value is -2.58. The standard InChI is InChI=1S/C18H20Cl2N4O4/c1-2-28-17(25)4-3-9-21-18-15(24(26)27)7-8-16(23-18)22-11-12-5-6-13(19)14(20)10-12/h5-8,10H,2-4,9,11H2,1H3,(H2,21,22,23). The van der Waals surface area contributed by atoms with Crippen LogP contribution in [0.5, 0.6) is 0 Å². The molecule has 2 aromatic rings. The SMILES string of the molecule is CCOC(=O)CCCNc1nc(NCc2ccc(Cl)c(Cl)c2)ccc1[N+](=O)[O-]. The van der Waals surface area contributed by atoms with Crippen LogP contribution in [0.15, 0.2) is 30.3 Å². The number of carbonyl (C=O) groups excluding carboxylic acids is 1. The lowest BCUT2D eigenvalue weighted by Gasteiger charge is -2.10. The number of pyridine rings is 1. The van der Waals surface area contributed by atoms with Crippen molar-refractivity contribution in [3.8, 4) is 0 Å². The van der Waals surface area contributed by atoms with E-state index in [-0.39, 0.29) is 23.9 Å². The summed E-state index contributed by atoms with van der Waals surface area (Å²) in [4.78, 5) is 26.3. The number of ether oxygens (including phenoxy) is 1. The van der Waals surface area contributed by atoms with Gasteiger partial charge in [-0.1, -0.05) is 29.3 Å². The molecule has 8 nitrogen and oxygen atoms in total. The Morgan fingerprint density at radius 3 is 2.68 bits per heavy atom. The van der Waals surface area contributed by atoms with Crippen molar-refractivity contribution in [2.75, 3.05) is 23.8 Å². The van der Waals surface area contributed by atoms with Crippen molar-refractivity contribution in [2.45, 2.75) is 26.3 Å². The molecule has 0 fully saturated rings. The van der Waals surface area contributed by atoms with E-state index in [0.29, 0.717) is 42.0 Å². The molecule has 0 radical (unpaired) electrons. The highest BCUT2D eigenvalue weighted by Crippen LogP contribution is 2.25. The van der Waals surface area contributed by atoms with E-state index < -0.39 is 4.92 Å². The van der Waals surface area contributed by atoms with E-state index in [1.165, 1.54) is 12.1 Å². The summed E-state index contributed by atoms with van der Waals surface area (Å²) < 4.78 is 4.85. The van der Waals surface area contributed by atoms with E-state index in [1.807, 2.05) is 6.07 Å². The maximum atomic E-state index is 11.3. The number of nitrogens with zero attached hydrogens (tertiary/aromatic N) is 2. The molecular weight excluding hydrogens is 407 g/mol. The lowest BCUT2D eigenvalue weighted by atomic mass is 10.2. The lowest BCUT2D eigenvalue weighted by Crippen LogP contribution is -2.11. The Morgan fingerprint density at radius 2 is 2.00 bits per heavy atom. The quantitative estimate of drug-likeness (QED) is 0.246. The predicted molar refractivity (Wildman–Crippen MR) is 109 cm³/mol. The summed E-state index contributed by atoms with van der Waals surface area (Å²) in [5, 5.41) is 18.1. The second kappa shape index (κ2) is 10.7. The molecule has 0 spiro atoms. The van der Waals surface area contributed by atoms with Crippen molar-refractivity contribution in [3.05, 3.63) is 56.1 Å². The van der Waals surface area contributed by atoms with E-state index in [4.69, 9.17) is 27.9 Å². The lowest BCUT2D eigenvalue weighted by molar-refractivity contribution is -0.384. The van der Waals surface area contributed by atoms with Crippen molar-refractivity contribution >= 4 is 46.5 Å². The van der Waals surface area contributed by atoms with Gasteiger partial charge in [-0.25, -0.2) is 4.98 Å². The number of rotatable bonds is 10. The van der Waals surface area contributed by atoms with E-state index in [1.54, 1.807) is 19.1 Å². The molecule has 0 aliphatic carbocycles. The Bertz CT molecular complexity index is 848. The third kappa shape index (κ3) is 6.54. The summed E-state index contributed by atoms with van der Waals surface area (Å²) in [6, 6.07) is 8.15. The van der Waals surface area contributed by atoms with Crippen LogP contribution in [0.4, 0.5) is 17.3 Å². The number of nitrogens with one attached hydrogen (secondary N) is 2. The second-order valence-corrected chi connectivity index (χ2v) is 6.57. The zero-order chi connectivity index (χ0) is 20.5. The molecule has 150 valence electrons. The van der Waals surface area contributed by atoms with Gasteiger partial charge in [-0.05, 0) is 37.1 Å². The number of anilines is 2. The smallest absolute Gasteiger partial charge is 0.311 e. The number of hydrogen-bond donors (Lipinski definition) is 2. The van der Waals surface area contributed by atoms with Gasteiger partial charge in [0.1, 0.15) is 5.82 Å². The molecule has 0 aliphatic rings. The summed E-state index contributed by atoms with van der Waals surface area (Å²) in [6.07, 6.45) is 0.697. The number of halogens is 2. The van der Waals surface area contributed by atoms with Crippen LogP contribution in [-0.4, -0.2) is 29.0 Å². The zero-order valence-corrected chi connectivity index (χ0v) is 16.7. The van der Waals surface area contributed by atoms with Crippen LogP contribution >= 0.6 is 23.2 Å². The molecule has 0 unspecified atom stereocenters. The molecule has 2 N–H and O–H groups in total. The van der Waals surface area contributed by atoms with Crippen molar-refractivity contribution in [2.24, 2.45) is 0 Å². The average molecular weight is 427 g/mol. The highest BCUT2D eigenvalue weighted by molar-refractivity contribution is 6.42. The minimum atomic E-state index is -0.510. The summed E-state index contributed by atoms with van der Waals surface area (Å²) in [5.41, 5.74) is 0.745. The van der Waals surface area contributed by atoms with Crippen LogP contribution < -0.4 is 10.6 Å². The third-order valence-electron chi connectivity index (χ3n) is 3.68. The fourth-order valence-corrected chi connectivity index (χ4v) is 2.66. The molecule has 10 heteroatoms. The molecule has 0 saturated carbocycles. The summed E-state index contributed by atoms with van der Waals surface area (Å²) >= 11 is 11.9. The Labute approximate surface area is 172 Å². The second-order valence-electron chi connectivity index (χ2n) is 5.76. The van der Waals surface area contributed by atoms with Gasteiger partial charge in [-0.2, -0.15) is 0 Å². The van der Waals surface area contributed by atoms with Crippen LogP contribution in [0.25, 0.3) is 0 Å². The van der Waals surface area contributed by atoms with Gasteiger partial charge >= 0.3 is 11.7 Å². The van der Waals surface area contributed by atoms with Crippen LogP contribution in [0.1, 0.15) is 25.3 Å². The molecule has 0 atom stereocenters. The molecule has 0 saturated heterocycles. The Balaban J connectivity index is 2.00. The van der Waals surface area contributed by atoms with Gasteiger partial charge in [-0.3, -0.25) is 14.9 Å². The van der Waals surface area contributed by atoms with Gasteiger partial charge in [0.25, 0.3) is 0 Å². The topological polar surface area (TPSA) is 106 Å². The number of hydrogen-bond acceptors (Lipinski definition) is 7. The largest absolute Gasteiger partial charge is 0.466 e. The fraction of sp³-hybridized carbons (Fsp3) is 0.333. The highest BCUT2D eigenvalue weighted by Gasteiger charge is 2.16. The van der Waals surface area contributed by atoms with Crippen molar-refractivity contribution in [1.29, 1.82) is 0 Å². The average Bonchev–Trinajstić information content (AvgIpc) is 2.66. The maximum Gasteiger partial charge on any atom is 0.311 e. The highest BCUT2D eigenvalue weighted by atomic mass is 35.5. The van der Waals surface area contributed by atoms with E-state index >= 15 is 0 Å². The molecule has 2 rings (SSSR count). The summed E-state index contributed by atoms with van der Waals surface area (Å²) in [6.45, 7) is 2.83. The fourth-order valence-electron chi connectivity index (χ4n) is 2.34. The number of nitro groups is 1. The third-order valence-corrected chi connectivity index (χ3v) is 4.42. The number of benzene rings is 1. The molecule has 1 heterocycles. The molecule has 28 heavy (non-hydrogen) atoms. The molecular formula is C18H20Cl2N4O4. The van der Waals surface area contributed by atoms with Crippen molar-refractivity contribution in [1.82, 2.24) is 4.98 Å². The van der Waals surface area contributed by atoms with Gasteiger partial charge < -0.3 is 15.4 Å². The van der Waals surface area contributed by atoms with Crippen LogP contribution in [0.2, 0.25) is 10.0 Å². The number of aromatic nitrogens is 1.